The van der Waals surface area contributed by atoms with Gasteiger partial charge in [-0.1, -0.05) is 50.1 Å². The van der Waals surface area contributed by atoms with Gasteiger partial charge in [0.15, 0.2) is 5.82 Å². The van der Waals surface area contributed by atoms with Crippen LogP contribution in [0.5, 0.6) is 0 Å². The molecule has 0 radical (unpaired) electrons. The summed E-state index contributed by atoms with van der Waals surface area (Å²) < 4.78 is 5.48. The van der Waals surface area contributed by atoms with E-state index in [9.17, 15) is 9.90 Å². The largest absolute Gasteiger partial charge is 0.393 e. The van der Waals surface area contributed by atoms with Crippen molar-refractivity contribution in [1.29, 1.82) is 0 Å². The van der Waals surface area contributed by atoms with Crippen molar-refractivity contribution < 1.29 is 19.6 Å². The minimum absolute atomic E-state index is 0.151. The number of hydrogen-bond donors (Lipinski definition) is 3. The Morgan fingerprint density at radius 2 is 1.96 bits per heavy atom. The number of nitrogens with one attached hydrogen (secondary N) is 1. The molecule has 1 aromatic rings. The summed E-state index contributed by atoms with van der Waals surface area (Å²) in [6, 6.07) is 0. The quantitative estimate of drug-likeness (QED) is 0.436. The number of rotatable bonds is 9. The number of aliphatic hydroxyl groups is 1. The molecule has 1 aliphatic carbocycles. The summed E-state index contributed by atoms with van der Waals surface area (Å²) in [5.41, 5.74) is 1.72. The van der Waals surface area contributed by atoms with Crippen molar-refractivity contribution in [3.05, 3.63) is 11.7 Å². The third-order valence-corrected chi connectivity index (χ3v) is 6.20. The van der Waals surface area contributed by atoms with Crippen LogP contribution in [0, 0.1) is 5.92 Å². The molecule has 1 amide bonds. The van der Waals surface area contributed by atoms with E-state index in [0.717, 1.165) is 44.7 Å². The summed E-state index contributed by atoms with van der Waals surface area (Å²) in [4.78, 5) is 18.5. The average molecular weight is 395 g/mol. The summed E-state index contributed by atoms with van der Waals surface area (Å²) in [7, 11) is 0. The first-order valence-corrected chi connectivity index (χ1v) is 10.8. The van der Waals surface area contributed by atoms with E-state index in [4.69, 9.17) is 9.73 Å². The normalized spacial score (nSPS) is 20.9. The summed E-state index contributed by atoms with van der Waals surface area (Å²) >= 11 is 0. The molecule has 2 aliphatic rings. The lowest BCUT2D eigenvalue weighted by Gasteiger charge is -2.28. The average Bonchev–Trinajstić information content (AvgIpc) is 3.18. The predicted molar refractivity (Wildman–Crippen MR) is 103 cm³/mol. The molecule has 8 nitrogen and oxygen atoms in total. The second-order valence-corrected chi connectivity index (χ2v) is 8.43. The third-order valence-electron chi connectivity index (χ3n) is 6.20. The Morgan fingerprint density at radius 3 is 2.68 bits per heavy atom. The standard InChI is InChI=1S/C20H34N4O4/c25-17-9-11-24(12-10-17)14-18-21-20(28-23-18)16(13-19(26)22-27)8-4-7-15-5-2-1-3-6-15/h15-17,25,27H,1-14H2,(H,22,26)/t16-/m1/s1. The summed E-state index contributed by atoms with van der Waals surface area (Å²) in [5.74, 6) is 1.31. The molecule has 0 unspecified atom stereocenters. The van der Waals surface area contributed by atoms with Gasteiger partial charge in [0.1, 0.15) is 0 Å². The van der Waals surface area contributed by atoms with E-state index < -0.39 is 5.91 Å². The zero-order valence-corrected chi connectivity index (χ0v) is 16.7. The number of piperidine rings is 1. The maximum absolute atomic E-state index is 11.7. The number of hydrogen-bond acceptors (Lipinski definition) is 7. The van der Waals surface area contributed by atoms with Gasteiger partial charge in [0.05, 0.1) is 12.6 Å². The maximum atomic E-state index is 11.7. The number of carbonyl (C=O) groups is 1. The van der Waals surface area contributed by atoms with E-state index in [1.54, 1.807) is 5.48 Å². The zero-order valence-electron chi connectivity index (χ0n) is 16.7. The molecular weight excluding hydrogens is 360 g/mol. The topological polar surface area (TPSA) is 112 Å². The van der Waals surface area contributed by atoms with Gasteiger partial charge in [-0.25, -0.2) is 5.48 Å². The monoisotopic (exact) mass is 394 g/mol. The van der Waals surface area contributed by atoms with E-state index in [0.29, 0.717) is 18.3 Å². The molecule has 1 aromatic heterocycles. The molecule has 0 spiro atoms. The van der Waals surface area contributed by atoms with Gasteiger partial charge in [-0.2, -0.15) is 4.98 Å². The van der Waals surface area contributed by atoms with Crippen molar-refractivity contribution in [2.45, 2.75) is 89.2 Å². The minimum Gasteiger partial charge on any atom is -0.393 e. The zero-order chi connectivity index (χ0) is 19.8. The first kappa shape index (κ1) is 21.2. The van der Waals surface area contributed by atoms with Crippen LogP contribution in [0.25, 0.3) is 0 Å². The van der Waals surface area contributed by atoms with Crippen LogP contribution in [0.2, 0.25) is 0 Å². The second kappa shape index (κ2) is 10.9. The predicted octanol–water partition coefficient (Wildman–Crippen LogP) is 2.76. The molecule has 2 heterocycles. The van der Waals surface area contributed by atoms with Gasteiger partial charge >= 0.3 is 0 Å². The van der Waals surface area contributed by atoms with Crippen LogP contribution in [0.3, 0.4) is 0 Å². The number of carbonyl (C=O) groups excluding carboxylic acids is 1. The number of aliphatic hydroxyl groups excluding tert-OH is 1. The summed E-state index contributed by atoms with van der Waals surface area (Å²) in [6.45, 7) is 2.24. The SMILES string of the molecule is O=C(C[C@@H](CCCC1CCCCC1)c1nc(CN2CCC(O)CC2)no1)NO. The highest BCUT2D eigenvalue weighted by atomic mass is 16.5. The number of nitrogens with zero attached hydrogens (tertiary/aromatic N) is 3. The molecular formula is C20H34N4O4. The van der Waals surface area contributed by atoms with Crippen LogP contribution in [0.1, 0.15) is 88.3 Å². The molecule has 1 aliphatic heterocycles. The van der Waals surface area contributed by atoms with Gasteiger partial charge in [0, 0.05) is 25.4 Å². The molecule has 1 saturated carbocycles. The summed E-state index contributed by atoms with van der Waals surface area (Å²) in [5, 5.41) is 22.6. The Labute approximate surface area is 166 Å². The van der Waals surface area contributed by atoms with Gasteiger partial charge in [-0.3, -0.25) is 14.9 Å². The number of hydroxylamine groups is 1. The third kappa shape index (κ3) is 6.53. The highest BCUT2D eigenvalue weighted by molar-refractivity contribution is 5.75. The van der Waals surface area contributed by atoms with Crippen molar-refractivity contribution in [3.8, 4) is 0 Å². The van der Waals surface area contributed by atoms with E-state index in [-0.39, 0.29) is 18.4 Å². The maximum Gasteiger partial charge on any atom is 0.244 e. The molecule has 28 heavy (non-hydrogen) atoms. The molecule has 8 heteroatoms. The summed E-state index contributed by atoms with van der Waals surface area (Å²) in [6.07, 6.45) is 11.1. The molecule has 158 valence electrons. The van der Waals surface area contributed by atoms with Crippen LogP contribution in [-0.2, 0) is 11.3 Å². The highest BCUT2D eigenvalue weighted by Gasteiger charge is 2.24. The smallest absolute Gasteiger partial charge is 0.244 e. The van der Waals surface area contributed by atoms with Crippen molar-refractivity contribution in [2.75, 3.05) is 13.1 Å². The van der Waals surface area contributed by atoms with Crippen LogP contribution < -0.4 is 5.48 Å². The lowest BCUT2D eigenvalue weighted by Crippen LogP contribution is -2.35. The Morgan fingerprint density at radius 1 is 1.21 bits per heavy atom. The van der Waals surface area contributed by atoms with E-state index >= 15 is 0 Å². The van der Waals surface area contributed by atoms with Gasteiger partial charge < -0.3 is 9.63 Å². The fourth-order valence-corrected chi connectivity index (χ4v) is 4.49. The fraction of sp³-hybridized carbons (Fsp3) is 0.850. The number of aromatic nitrogens is 2. The van der Waals surface area contributed by atoms with Crippen LogP contribution in [0.15, 0.2) is 4.52 Å². The lowest BCUT2D eigenvalue weighted by atomic mass is 9.84. The van der Waals surface area contributed by atoms with Crippen molar-refractivity contribution >= 4 is 5.91 Å². The molecule has 1 atom stereocenters. The lowest BCUT2D eigenvalue weighted by molar-refractivity contribution is -0.129. The van der Waals surface area contributed by atoms with Crippen LogP contribution in [-0.4, -0.2) is 50.5 Å². The molecule has 1 saturated heterocycles. The number of amides is 1. The first-order chi connectivity index (χ1) is 13.6. The van der Waals surface area contributed by atoms with E-state index in [1.165, 1.54) is 38.5 Å². The van der Waals surface area contributed by atoms with E-state index in [1.807, 2.05) is 0 Å². The van der Waals surface area contributed by atoms with Crippen molar-refractivity contribution in [3.63, 3.8) is 0 Å². The van der Waals surface area contributed by atoms with Crippen LogP contribution >= 0.6 is 0 Å². The van der Waals surface area contributed by atoms with Crippen molar-refractivity contribution in [2.24, 2.45) is 5.92 Å². The Bertz CT molecular complexity index is 595. The fourth-order valence-electron chi connectivity index (χ4n) is 4.49. The number of likely N-dealkylation sites (tertiary alicyclic amines) is 1. The molecule has 2 fully saturated rings. The van der Waals surface area contributed by atoms with E-state index in [2.05, 4.69) is 15.0 Å². The van der Waals surface area contributed by atoms with Crippen molar-refractivity contribution in [1.82, 2.24) is 20.5 Å². The Balaban J connectivity index is 1.53. The van der Waals surface area contributed by atoms with Gasteiger partial charge in [0.25, 0.3) is 0 Å². The highest BCUT2D eigenvalue weighted by Crippen LogP contribution is 2.31. The van der Waals surface area contributed by atoms with Crippen LogP contribution in [0.4, 0.5) is 0 Å². The Hall–Kier alpha value is -1.51. The van der Waals surface area contributed by atoms with Gasteiger partial charge in [0.2, 0.25) is 11.8 Å². The molecule has 3 N–H and O–H groups in total. The molecule has 0 bridgehead atoms. The van der Waals surface area contributed by atoms with Gasteiger partial charge in [-0.05, 0) is 25.2 Å². The Kier molecular flexibility index (Phi) is 8.24. The molecule has 3 rings (SSSR count). The van der Waals surface area contributed by atoms with Gasteiger partial charge in [-0.15, -0.1) is 0 Å². The molecule has 0 aromatic carbocycles. The minimum atomic E-state index is -0.424. The second-order valence-electron chi connectivity index (χ2n) is 8.43. The first-order valence-electron chi connectivity index (χ1n) is 10.8.